The first-order chi connectivity index (χ1) is 11.1. The summed E-state index contributed by atoms with van der Waals surface area (Å²) in [6.07, 6.45) is 3.19. The smallest absolute Gasteiger partial charge is 0.410 e. The summed E-state index contributed by atoms with van der Waals surface area (Å²) in [5.41, 5.74) is 1.14. The SMILES string of the molecule is CCCCOC(=O)N1C[C@H](S)C[C@H]1C(=O)CCc1ccccc1. The number of carbonyl (C=O) groups excluding carboxylic acids is 2. The molecule has 1 heterocycles. The van der Waals surface area contributed by atoms with Gasteiger partial charge in [0.25, 0.3) is 0 Å². The molecule has 1 saturated heterocycles. The molecule has 4 nitrogen and oxygen atoms in total. The predicted octanol–water partition coefficient (Wildman–Crippen LogP) is 3.50. The van der Waals surface area contributed by atoms with Crippen LogP contribution in [0.25, 0.3) is 0 Å². The largest absolute Gasteiger partial charge is 0.449 e. The van der Waals surface area contributed by atoms with E-state index in [9.17, 15) is 9.59 Å². The van der Waals surface area contributed by atoms with Gasteiger partial charge in [0.05, 0.1) is 12.6 Å². The average molecular weight is 335 g/mol. The lowest BCUT2D eigenvalue weighted by Gasteiger charge is -2.23. The Bertz CT molecular complexity index is 520. The second-order valence-corrected chi connectivity index (χ2v) is 6.71. The molecule has 0 aliphatic carbocycles. The summed E-state index contributed by atoms with van der Waals surface area (Å²) >= 11 is 4.45. The summed E-state index contributed by atoms with van der Waals surface area (Å²) in [5, 5.41) is 0.0411. The second kappa shape index (κ2) is 8.96. The van der Waals surface area contributed by atoms with Crippen LogP contribution in [0.5, 0.6) is 0 Å². The van der Waals surface area contributed by atoms with Crippen molar-refractivity contribution >= 4 is 24.5 Å². The summed E-state index contributed by atoms with van der Waals surface area (Å²) in [6.45, 7) is 2.94. The molecule has 5 heteroatoms. The van der Waals surface area contributed by atoms with Crippen LogP contribution >= 0.6 is 12.6 Å². The van der Waals surface area contributed by atoms with E-state index in [0.717, 1.165) is 18.4 Å². The number of nitrogens with zero attached hydrogens (tertiary/aromatic N) is 1. The Morgan fingerprint density at radius 2 is 2.04 bits per heavy atom. The lowest BCUT2D eigenvalue weighted by atomic mass is 10.0. The minimum atomic E-state index is -0.393. The Morgan fingerprint density at radius 3 is 2.74 bits per heavy atom. The summed E-state index contributed by atoms with van der Waals surface area (Å²) in [6, 6.07) is 9.53. The van der Waals surface area contributed by atoms with E-state index in [-0.39, 0.29) is 17.1 Å². The molecule has 0 unspecified atom stereocenters. The van der Waals surface area contributed by atoms with Crippen molar-refractivity contribution in [2.45, 2.75) is 50.3 Å². The lowest BCUT2D eigenvalue weighted by molar-refractivity contribution is -0.123. The number of aryl methyl sites for hydroxylation is 1. The molecule has 1 aliphatic rings. The topological polar surface area (TPSA) is 46.6 Å². The van der Waals surface area contributed by atoms with Gasteiger partial charge in [-0.2, -0.15) is 12.6 Å². The fourth-order valence-electron chi connectivity index (χ4n) is 2.79. The van der Waals surface area contributed by atoms with Crippen molar-refractivity contribution in [1.29, 1.82) is 0 Å². The fourth-order valence-corrected chi connectivity index (χ4v) is 3.16. The first-order valence-electron chi connectivity index (χ1n) is 8.30. The third-order valence-corrected chi connectivity index (χ3v) is 4.49. The van der Waals surface area contributed by atoms with Crippen LogP contribution in [0.3, 0.4) is 0 Å². The molecule has 1 aliphatic heterocycles. The normalized spacial score (nSPS) is 20.5. The first kappa shape index (κ1) is 17.9. The van der Waals surface area contributed by atoms with E-state index in [2.05, 4.69) is 12.6 Å². The molecule has 0 aromatic heterocycles. The highest BCUT2D eigenvalue weighted by Crippen LogP contribution is 2.24. The van der Waals surface area contributed by atoms with E-state index in [0.29, 0.717) is 32.4 Å². The second-order valence-electron chi connectivity index (χ2n) is 5.98. The number of thiol groups is 1. The maximum Gasteiger partial charge on any atom is 0.410 e. The Labute approximate surface area is 143 Å². The summed E-state index contributed by atoms with van der Waals surface area (Å²) in [7, 11) is 0. The van der Waals surface area contributed by atoms with E-state index >= 15 is 0 Å². The van der Waals surface area contributed by atoms with Crippen molar-refractivity contribution in [3.8, 4) is 0 Å². The van der Waals surface area contributed by atoms with E-state index < -0.39 is 6.04 Å². The molecule has 2 rings (SSSR count). The molecule has 0 spiro atoms. The van der Waals surface area contributed by atoms with Crippen LogP contribution in [0, 0.1) is 0 Å². The highest BCUT2D eigenvalue weighted by atomic mass is 32.1. The Balaban J connectivity index is 1.90. The van der Waals surface area contributed by atoms with Crippen molar-refractivity contribution in [1.82, 2.24) is 4.90 Å². The number of amides is 1. The predicted molar refractivity (Wildman–Crippen MR) is 93.9 cm³/mol. The first-order valence-corrected chi connectivity index (χ1v) is 8.81. The zero-order chi connectivity index (χ0) is 16.7. The fraction of sp³-hybridized carbons (Fsp3) is 0.556. The van der Waals surface area contributed by atoms with Gasteiger partial charge in [-0.05, 0) is 24.8 Å². The molecule has 2 atom stereocenters. The van der Waals surface area contributed by atoms with Gasteiger partial charge in [0.2, 0.25) is 0 Å². The third-order valence-electron chi connectivity index (χ3n) is 4.11. The number of unbranched alkanes of at least 4 members (excludes halogenated alkanes) is 1. The molecule has 1 amide bonds. The monoisotopic (exact) mass is 335 g/mol. The number of ketones is 1. The molecule has 0 saturated carbocycles. The van der Waals surface area contributed by atoms with Gasteiger partial charge in [-0.3, -0.25) is 9.69 Å². The molecule has 1 aromatic carbocycles. The van der Waals surface area contributed by atoms with Crippen molar-refractivity contribution in [3.63, 3.8) is 0 Å². The standard InChI is InChI=1S/C18H25NO3S/c1-2-3-11-22-18(21)19-13-15(23)12-16(19)17(20)10-9-14-7-5-4-6-8-14/h4-8,15-16,23H,2-3,9-13H2,1H3/t15-,16+/m1/s1. The summed E-state index contributed by atoms with van der Waals surface area (Å²) in [4.78, 5) is 26.3. The maximum absolute atomic E-state index is 12.5. The van der Waals surface area contributed by atoms with Crippen molar-refractivity contribution in [2.24, 2.45) is 0 Å². The van der Waals surface area contributed by atoms with Gasteiger partial charge in [0.1, 0.15) is 0 Å². The maximum atomic E-state index is 12.5. The summed E-state index contributed by atoms with van der Waals surface area (Å²) < 4.78 is 5.26. The van der Waals surface area contributed by atoms with E-state index in [1.807, 2.05) is 37.3 Å². The Kier molecular flexibility index (Phi) is 6.96. The zero-order valence-electron chi connectivity index (χ0n) is 13.6. The van der Waals surface area contributed by atoms with Crippen LogP contribution in [-0.2, 0) is 16.0 Å². The van der Waals surface area contributed by atoms with Crippen LogP contribution in [0.15, 0.2) is 30.3 Å². The van der Waals surface area contributed by atoms with Gasteiger partial charge in [-0.15, -0.1) is 0 Å². The molecule has 1 aromatic rings. The van der Waals surface area contributed by atoms with Gasteiger partial charge in [0.15, 0.2) is 5.78 Å². The Hall–Kier alpha value is -1.49. The molecular weight excluding hydrogens is 310 g/mol. The van der Waals surface area contributed by atoms with Gasteiger partial charge < -0.3 is 4.74 Å². The molecule has 23 heavy (non-hydrogen) atoms. The van der Waals surface area contributed by atoms with Gasteiger partial charge in [0, 0.05) is 18.2 Å². The molecule has 0 N–H and O–H groups in total. The number of carbonyl (C=O) groups is 2. The molecule has 126 valence electrons. The van der Waals surface area contributed by atoms with E-state index in [1.54, 1.807) is 4.90 Å². The quantitative estimate of drug-likeness (QED) is 0.613. The number of benzene rings is 1. The van der Waals surface area contributed by atoms with E-state index in [4.69, 9.17) is 4.74 Å². The number of Topliss-reactive ketones (excluding diaryl/α,β-unsaturated/α-hetero) is 1. The number of rotatable bonds is 7. The van der Waals surface area contributed by atoms with Crippen LogP contribution in [-0.4, -0.2) is 41.2 Å². The van der Waals surface area contributed by atoms with Crippen LogP contribution in [0.1, 0.15) is 38.2 Å². The summed E-state index contributed by atoms with van der Waals surface area (Å²) in [5.74, 6) is 0.0952. The molecule has 1 fully saturated rings. The zero-order valence-corrected chi connectivity index (χ0v) is 14.5. The molecule has 0 bridgehead atoms. The van der Waals surface area contributed by atoms with Crippen LogP contribution in [0.2, 0.25) is 0 Å². The van der Waals surface area contributed by atoms with Gasteiger partial charge >= 0.3 is 6.09 Å². The minimum Gasteiger partial charge on any atom is -0.449 e. The number of ether oxygens (including phenoxy) is 1. The van der Waals surface area contributed by atoms with Crippen molar-refractivity contribution in [2.75, 3.05) is 13.2 Å². The van der Waals surface area contributed by atoms with Gasteiger partial charge in [-0.25, -0.2) is 4.79 Å². The average Bonchev–Trinajstić information content (AvgIpc) is 2.96. The molecule has 0 radical (unpaired) electrons. The van der Waals surface area contributed by atoms with E-state index in [1.165, 1.54) is 0 Å². The number of hydrogen-bond acceptors (Lipinski definition) is 4. The number of likely N-dealkylation sites (tertiary alicyclic amines) is 1. The number of hydrogen-bond donors (Lipinski definition) is 1. The highest BCUT2D eigenvalue weighted by Gasteiger charge is 2.38. The minimum absolute atomic E-state index is 0.0411. The molecular formula is C18H25NO3S. The van der Waals surface area contributed by atoms with Crippen LogP contribution < -0.4 is 0 Å². The Morgan fingerprint density at radius 1 is 1.30 bits per heavy atom. The third kappa shape index (κ3) is 5.27. The lowest BCUT2D eigenvalue weighted by Crippen LogP contribution is -2.41. The van der Waals surface area contributed by atoms with Crippen molar-refractivity contribution < 1.29 is 14.3 Å². The van der Waals surface area contributed by atoms with Crippen LogP contribution in [0.4, 0.5) is 4.79 Å². The van der Waals surface area contributed by atoms with Crippen molar-refractivity contribution in [3.05, 3.63) is 35.9 Å². The van der Waals surface area contributed by atoms with Gasteiger partial charge in [-0.1, -0.05) is 43.7 Å². The highest BCUT2D eigenvalue weighted by molar-refractivity contribution is 7.81.